The second-order valence-electron chi connectivity index (χ2n) is 13.1. The molecule has 0 bridgehead atoms. The van der Waals surface area contributed by atoms with Gasteiger partial charge in [0.15, 0.2) is 0 Å². The van der Waals surface area contributed by atoms with Crippen LogP contribution in [0.2, 0.25) is 0 Å². The molecule has 6 heterocycles. The number of aliphatic imine (C=N–C) groups is 1. The van der Waals surface area contributed by atoms with E-state index in [2.05, 4.69) is 78.5 Å². The molecule has 1 aromatic carbocycles. The number of rotatable bonds is 4. The number of hydrogen-bond donors (Lipinski definition) is 2. The van der Waals surface area contributed by atoms with Crippen molar-refractivity contribution in [2.45, 2.75) is 82.5 Å². The first-order valence-electron chi connectivity index (χ1n) is 15.3. The molecule has 3 saturated heterocycles. The Morgan fingerprint density at radius 3 is 2.78 bits per heavy atom. The molecule has 0 amide bonds. The number of fused-ring (bicyclic) bond motifs is 3. The number of anilines is 4. The van der Waals surface area contributed by atoms with E-state index < -0.39 is 0 Å². The molecule has 2 aromatic rings. The van der Waals surface area contributed by atoms with E-state index in [4.69, 9.17) is 24.4 Å². The molecule has 7 rings (SSSR count). The summed E-state index contributed by atoms with van der Waals surface area (Å²) in [6, 6.07) is 7.39. The Labute approximate surface area is 243 Å². The molecule has 5 aliphatic heterocycles. The van der Waals surface area contributed by atoms with Gasteiger partial charge in [-0.1, -0.05) is 13.0 Å². The molecule has 4 atom stereocenters. The Balaban J connectivity index is 1.22. The van der Waals surface area contributed by atoms with Crippen LogP contribution in [0.4, 0.5) is 23.1 Å². The third-order valence-electron chi connectivity index (χ3n) is 9.66. The highest BCUT2D eigenvalue weighted by Gasteiger charge is 2.55. The Morgan fingerprint density at radius 1 is 1.15 bits per heavy atom. The summed E-state index contributed by atoms with van der Waals surface area (Å²) in [5.74, 6) is 2.56. The topological polar surface area (TPSA) is 87.1 Å². The predicted octanol–water partition coefficient (Wildman–Crippen LogP) is 4.49. The molecule has 41 heavy (non-hydrogen) atoms. The molecule has 2 N–H and O–H groups in total. The first kappa shape index (κ1) is 26.9. The van der Waals surface area contributed by atoms with E-state index in [-0.39, 0.29) is 23.1 Å². The summed E-state index contributed by atoms with van der Waals surface area (Å²) in [4.78, 5) is 20.1. The lowest BCUT2D eigenvalue weighted by atomic mass is 9.73. The second-order valence-corrected chi connectivity index (χ2v) is 13.1. The third kappa shape index (κ3) is 4.91. The van der Waals surface area contributed by atoms with E-state index in [0.29, 0.717) is 18.6 Å². The summed E-state index contributed by atoms with van der Waals surface area (Å²) in [5, 5.41) is 7.18. The highest BCUT2D eigenvalue weighted by Crippen LogP contribution is 2.51. The van der Waals surface area contributed by atoms with Gasteiger partial charge in [-0.15, -0.1) is 0 Å². The van der Waals surface area contributed by atoms with Crippen LogP contribution in [0.5, 0.6) is 0 Å². The van der Waals surface area contributed by atoms with Crippen molar-refractivity contribution in [2.75, 3.05) is 54.6 Å². The average molecular weight is 558 g/mol. The van der Waals surface area contributed by atoms with Crippen molar-refractivity contribution in [1.82, 2.24) is 15.3 Å². The first-order chi connectivity index (χ1) is 19.8. The van der Waals surface area contributed by atoms with Gasteiger partial charge < -0.3 is 29.9 Å². The van der Waals surface area contributed by atoms with Crippen LogP contribution in [0.15, 0.2) is 41.5 Å². The maximum Gasteiger partial charge on any atom is 0.229 e. The molecule has 0 spiro atoms. The van der Waals surface area contributed by atoms with Gasteiger partial charge in [0.05, 0.1) is 37.5 Å². The largest absolute Gasteiger partial charge is 0.378 e. The standard InChI is InChI=1S/C32H43N7O2/c1-21-17-22(10-11-26(21)38-13-15-40-16-14-38)35-30-34-19-23-29(37-30)39(27-18-31(2,3)41-20-32(23,27)4)28-9-5-7-25(36-28)24-8-6-12-33-24/h5,9-11,17,19,24-25,27,33H,6-8,12-16,18,20H2,1-4H3,(H,34,35,37)/t24-,25?,27+,32+/m1/s1. The number of dihydropyridines is 1. The normalized spacial score (nSPS) is 30.6. The molecule has 0 radical (unpaired) electrons. The monoisotopic (exact) mass is 557 g/mol. The number of nitrogens with one attached hydrogen (secondary N) is 2. The van der Waals surface area contributed by atoms with E-state index in [1.807, 2.05) is 6.20 Å². The van der Waals surface area contributed by atoms with Crippen molar-refractivity contribution in [2.24, 2.45) is 4.99 Å². The zero-order valence-electron chi connectivity index (χ0n) is 24.8. The summed E-state index contributed by atoms with van der Waals surface area (Å²) >= 11 is 0. The van der Waals surface area contributed by atoms with Crippen molar-refractivity contribution in [1.29, 1.82) is 0 Å². The first-order valence-corrected chi connectivity index (χ1v) is 15.3. The third-order valence-corrected chi connectivity index (χ3v) is 9.66. The summed E-state index contributed by atoms with van der Waals surface area (Å²) in [7, 11) is 0. The SMILES string of the molecule is Cc1cc(Nc2ncc3c(n2)N(C2=NC([C@H]4CCCN4)CC=C2)[C@H]2CC(C)(C)OC[C@@]32C)ccc1N1CCOCC1. The van der Waals surface area contributed by atoms with Gasteiger partial charge in [0.2, 0.25) is 5.95 Å². The molecule has 0 aliphatic carbocycles. The van der Waals surface area contributed by atoms with Gasteiger partial charge in [-0.2, -0.15) is 4.98 Å². The van der Waals surface area contributed by atoms with Crippen LogP contribution in [-0.2, 0) is 14.9 Å². The van der Waals surface area contributed by atoms with E-state index in [0.717, 1.165) is 68.6 Å². The fraction of sp³-hybridized carbons (Fsp3) is 0.594. The second kappa shape index (κ2) is 10.4. The van der Waals surface area contributed by atoms with Crippen LogP contribution < -0.4 is 20.4 Å². The molecule has 9 nitrogen and oxygen atoms in total. The van der Waals surface area contributed by atoms with Crippen molar-refractivity contribution in [3.8, 4) is 0 Å². The number of morpholine rings is 1. The lowest BCUT2D eigenvalue weighted by Gasteiger charge is -2.46. The average Bonchev–Trinajstić information content (AvgIpc) is 3.59. The van der Waals surface area contributed by atoms with E-state index >= 15 is 0 Å². The van der Waals surface area contributed by atoms with Crippen molar-refractivity contribution < 1.29 is 9.47 Å². The highest BCUT2D eigenvalue weighted by molar-refractivity contribution is 6.08. The van der Waals surface area contributed by atoms with E-state index in [1.54, 1.807) is 0 Å². The van der Waals surface area contributed by atoms with Crippen LogP contribution in [0, 0.1) is 6.92 Å². The smallest absolute Gasteiger partial charge is 0.229 e. The molecule has 1 aromatic heterocycles. The number of aromatic nitrogens is 2. The van der Waals surface area contributed by atoms with Crippen molar-refractivity contribution >= 4 is 29.0 Å². The van der Waals surface area contributed by atoms with Crippen LogP contribution in [0.3, 0.4) is 0 Å². The minimum absolute atomic E-state index is 0.194. The summed E-state index contributed by atoms with van der Waals surface area (Å²) in [6.07, 6.45) is 10.8. The van der Waals surface area contributed by atoms with Gasteiger partial charge in [-0.25, -0.2) is 4.98 Å². The van der Waals surface area contributed by atoms with Gasteiger partial charge in [0.1, 0.15) is 11.7 Å². The van der Waals surface area contributed by atoms with Crippen LogP contribution in [0.1, 0.15) is 57.6 Å². The molecule has 1 unspecified atom stereocenters. The number of ether oxygens (including phenoxy) is 2. The maximum atomic E-state index is 6.40. The van der Waals surface area contributed by atoms with Crippen molar-refractivity contribution in [3.63, 3.8) is 0 Å². The quantitative estimate of drug-likeness (QED) is 0.569. The Hall–Kier alpha value is -3.01. The molecular weight excluding hydrogens is 514 g/mol. The Morgan fingerprint density at radius 2 is 2.00 bits per heavy atom. The van der Waals surface area contributed by atoms with Crippen LogP contribution in [0.25, 0.3) is 0 Å². The van der Waals surface area contributed by atoms with Crippen LogP contribution in [-0.4, -0.2) is 79.0 Å². The number of hydrogen-bond acceptors (Lipinski definition) is 9. The molecule has 5 aliphatic rings. The van der Waals surface area contributed by atoms with Gasteiger partial charge in [0.25, 0.3) is 0 Å². The minimum Gasteiger partial charge on any atom is -0.378 e. The number of benzene rings is 1. The number of amidine groups is 1. The highest BCUT2D eigenvalue weighted by atomic mass is 16.5. The lowest BCUT2D eigenvalue weighted by Crippen LogP contribution is -2.56. The summed E-state index contributed by atoms with van der Waals surface area (Å²) in [5.41, 5.74) is 4.18. The minimum atomic E-state index is -0.218. The number of nitrogens with zero attached hydrogens (tertiary/aromatic N) is 5. The van der Waals surface area contributed by atoms with Gasteiger partial charge in [0, 0.05) is 47.7 Å². The molecule has 218 valence electrons. The zero-order valence-corrected chi connectivity index (χ0v) is 24.8. The molecule has 0 saturated carbocycles. The summed E-state index contributed by atoms with van der Waals surface area (Å²) < 4.78 is 11.9. The zero-order chi connectivity index (χ0) is 28.2. The predicted molar refractivity (Wildman–Crippen MR) is 164 cm³/mol. The fourth-order valence-electron chi connectivity index (χ4n) is 7.30. The molecular formula is C32H43N7O2. The fourth-order valence-corrected chi connectivity index (χ4v) is 7.30. The summed E-state index contributed by atoms with van der Waals surface area (Å²) in [6.45, 7) is 14.0. The number of aryl methyl sites for hydroxylation is 1. The van der Waals surface area contributed by atoms with Gasteiger partial charge in [-0.05, 0) is 82.8 Å². The van der Waals surface area contributed by atoms with Crippen molar-refractivity contribution in [3.05, 3.63) is 47.7 Å². The van der Waals surface area contributed by atoms with E-state index in [9.17, 15) is 0 Å². The Kier molecular flexibility index (Phi) is 6.79. The Bertz CT molecular complexity index is 1360. The van der Waals surface area contributed by atoms with Crippen LogP contribution >= 0.6 is 0 Å². The van der Waals surface area contributed by atoms with E-state index in [1.165, 1.54) is 24.1 Å². The lowest BCUT2D eigenvalue weighted by molar-refractivity contribution is -0.0889. The molecule has 3 fully saturated rings. The maximum absolute atomic E-state index is 6.40. The molecule has 9 heteroatoms. The van der Waals surface area contributed by atoms with Gasteiger partial charge >= 0.3 is 0 Å². The van der Waals surface area contributed by atoms with Gasteiger partial charge in [-0.3, -0.25) is 4.99 Å².